The van der Waals surface area contributed by atoms with Crippen LogP contribution < -0.4 is 10.1 Å². The van der Waals surface area contributed by atoms with Crippen LogP contribution in [0.1, 0.15) is 29.9 Å². The smallest absolute Gasteiger partial charge is 0.435 e. The Kier molecular flexibility index (Phi) is 4.86. The summed E-state index contributed by atoms with van der Waals surface area (Å²) in [6.45, 7) is 4.81. The van der Waals surface area contributed by atoms with Crippen molar-refractivity contribution in [3.63, 3.8) is 0 Å². The number of carbonyl (C=O) groups is 1. The van der Waals surface area contributed by atoms with Crippen LogP contribution in [0.5, 0.6) is 5.75 Å². The minimum absolute atomic E-state index is 0.251. The number of nitrogens with zero attached hydrogens (tertiary/aromatic N) is 2. The fraction of sp³-hybridized carbons (Fsp3) is 0.375. The number of benzene rings is 1. The molecule has 0 saturated heterocycles. The third-order valence-corrected chi connectivity index (χ3v) is 3.57. The summed E-state index contributed by atoms with van der Waals surface area (Å²) < 4.78 is 44.5. The first kappa shape index (κ1) is 17.8. The van der Waals surface area contributed by atoms with E-state index in [-0.39, 0.29) is 5.69 Å². The lowest BCUT2D eigenvalue weighted by atomic mass is 10.2. The molecule has 0 fully saturated rings. The van der Waals surface area contributed by atoms with Crippen molar-refractivity contribution >= 4 is 11.6 Å². The lowest BCUT2D eigenvalue weighted by molar-refractivity contribution is -0.141. The van der Waals surface area contributed by atoms with Crippen molar-refractivity contribution in [2.75, 3.05) is 12.4 Å². The van der Waals surface area contributed by atoms with Gasteiger partial charge >= 0.3 is 6.18 Å². The number of rotatable bonds is 4. The van der Waals surface area contributed by atoms with E-state index in [1.54, 1.807) is 12.1 Å². The van der Waals surface area contributed by atoms with Gasteiger partial charge in [-0.05, 0) is 44.5 Å². The Morgan fingerprint density at radius 1 is 1.29 bits per heavy atom. The van der Waals surface area contributed by atoms with Crippen molar-refractivity contribution in [1.82, 2.24) is 9.78 Å². The summed E-state index contributed by atoms with van der Waals surface area (Å²) in [5.74, 6) is -0.0202. The van der Waals surface area contributed by atoms with Gasteiger partial charge in [0.25, 0.3) is 0 Å². The predicted molar refractivity (Wildman–Crippen MR) is 83.0 cm³/mol. The monoisotopic (exact) mass is 341 g/mol. The Balaban J connectivity index is 2.25. The second kappa shape index (κ2) is 6.54. The molecule has 1 heterocycles. The Morgan fingerprint density at radius 3 is 2.50 bits per heavy atom. The molecule has 1 aromatic carbocycles. The van der Waals surface area contributed by atoms with Gasteiger partial charge < -0.3 is 10.1 Å². The molecule has 0 aliphatic heterocycles. The normalized spacial score (nSPS) is 12.8. The van der Waals surface area contributed by atoms with Crippen LogP contribution >= 0.6 is 0 Å². The Morgan fingerprint density at radius 2 is 1.96 bits per heavy atom. The molecule has 0 saturated carbocycles. The van der Waals surface area contributed by atoms with E-state index in [1.165, 1.54) is 21.0 Å². The average Bonchev–Trinajstić information content (AvgIpc) is 2.88. The average molecular weight is 341 g/mol. The maximum atomic E-state index is 12.7. The van der Waals surface area contributed by atoms with Gasteiger partial charge in [0, 0.05) is 5.69 Å². The summed E-state index contributed by atoms with van der Waals surface area (Å²) in [7, 11) is 1.47. The quantitative estimate of drug-likeness (QED) is 0.922. The van der Waals surface area contributed by atoms with Gasteiger partial charge in [0.2, 0.25) is 5.91 Å². The molecule has 2 aromatic rings. The summed E-state index contributed by atoms with van der Waals surface area (Å²) in [4.78, 5) is 12.4. The summed E-state index contributed by atoms with van der Waals surface area (Å²) in [5, 5.41) is 6.17. The first-order valence-corrected chi connectivity index (χ1v) is 7.22. The van der Waals surface area contributed by atoms with Crippen molar-refractivity contribution in [3.8, 4) is 5.75 Å². The fourth-order valence-electron chi connectivity index (χ4n) is 2.29. The number of aromatic nitrogens is 2. The molecule has 0 radical (unpaired) electrons. The maximum Gasteiger partial charge on any atom is 0.435 e. The van der Waals surface area contributed by atoms with Crippen LogP contribution in [0, 0.1) is 13.8 Å². The van der Waals surface area contributed by atoms with Gasteiger partial charge in [-0.15, -0.1) is 0 Å². The zero-order chi connectivity index (χ0) is 18.1. The summed E-state index contributed by atoms with van der Waals surface area (Å²) in [6, 6.07) is 5.26. The standard InChI is InChI=1S/C16H18F3N3O2/c1-9-5-6-13(24-4)12(7-9)20-15(23)11(3)22-10(2)8-14(21-22)16(17,18)19/h5-8,11H,1-4H3,(H,20,23). The van der Waals surface area contributed by atoms with Gasteiger partial charge in [0.05, 0.1) is 12.8 Å². The van der Waals surface area contributed by atoms with Crippen molar-refractivity contribution < 1.29 is 22.7 Å². The van der Waals surface area contributed by atoms with E-state index in [4.69, 9.17) is 4.74 Å². The first-order chi connectivity index (χ1) is 11.1. The van der Waals surface area contributed by atoms with Gasteiger partial charge in [0.15, 0.2) is 5.69 Å². The van der Waals surface area contributed by atoms with Gasteiger partial charge in [-0.3, -0.25) is 9.48 Å². The summed E-state index contributed by atoms with van der Waals surface area (Å²) in [5.41, 5.74) is 0.595. The van der Waals surface area contributed by atoms with E-state index in [9.17, 15) is 18.0 Å². The molecule has 2 rings (SSSR count). The molecule has 24 heavy (non-hydrogen) atoms. The zero-order valence-corrected chi connectivity index (χ0v) is 13.7. The molecule has 0 aliphatic carbocycles. The molecule has 0 spiro atoms. The minimum atomic E-state index is -4.55. The number of aryl methyl sites for hydroxylation is 2. The topological polar surface area (TPSA) is 56.1 Å². The van der Waals surface area contributed by atoms with Gasteiger partial charge in [-0.25, -0.2) is 0 Å². The lowest BCUT2D eigenvalue weighted by Crippen LogP contribution is -2.25. The second-order valence-corrected chi connectivity index (χ2v) is 5.48. The highest BCUT2D eigenvalue weighted by Crippen LogP contribution is 2.30. The molecule has 0 aliphatic rings. The molecule has 5 nitrogen and oxygen atoms in total. The van der Waals surface area contributed by atoms with Crippen LogP contribution in [-0.2, 0) is 11.0 Å². The van der Waals surface area contributed by atoms with Gasteiger partial charge in [0.1, 0.15) is 11.8 Å². The number of amides is 1. The third kappa shape index (κ3) is 3.69. The number of methoxy groups -OCH3 is 1. The molecule has 8 heteroatoms. The van der Waals surface area contributed by atoms with Crippen LogP contribution in [0.4, 0.5) is 18.9 Å². The predicted octanol–water partition coefficient (Wildman–Crippen LogP) is 3.73. The summed E-state index contributed by atoms with van der Waals surface area (Å²) in [6.07, 6.45) is -4.55. The van der Waals surface area contributed by atoms with E-state index >= 15 is 0 Å². The number of nitrogens with one attached hydrogen (secondary N) is 1. The molecule has 1 amide bonds. The molecule has 0 bridgehead atoms. The number of halogens is 3. The SMILES string of the molecule is COc1ccc(C)cc1NC(=O)C(C)n1nc(C(F)(F)F)cc1C. The first-order valence-electron chi connectivity index (χ1n) is 7.22. The Hall–Kier alpha value is -2.51. The van der Waals surface area contributed by atoms with Crippen molar-refractivity contribution in [2.24, 2.45) is 0 Å². The number of carbonyl (C=O) groups excluding carboxylic acids is 1. The molecular weight excluding hydrogens is 323 g/mol. The van der Waals surface area contributed by atoms with Crippen LogP contribution in [-0.4, -0.2) is 22.8 Å². The van der Waals surface area contributed by atoms with Crippen LogP contribution in [0.2, 0.25) is 0 Å². The fourth-order valence-corrected chi connectivity index (χ4v) is 2.29. The molecule has 130 valence electrons. The van der Waals surface area contributed by atoms with E-state index in [1.807, 2.05) is 13.0 Å². The van der Waals surface area contributed by atoms with Crippen LogP contribution in [0.3, 0.4) is 0 Å². The van der Waals surface area contributed by atoms with Crippen LogP contribution in [0.25, 0.3) is 0 Å². The lowest BCUT2D eigenvalue weighted by Gasteiger charge is -2.16. The van der Waals surface area contributed by atoms with E-state index in [0.29, 0.717) is 11.4 Å². The van der Waals surface area contributed by atoms with Crippen molar-refractivity contribution in [3.05, 3.63) is 41.2 Å². The number of hydrogen-bond acceptors (Lipinski definition) is 3. The van der Waals surface area contributed by atoms with E-state index in [0.717, 1.165) is 16.3 Å². The minimum Gasteiger partial charge on any atom is -0.495 e. The summed E-state index contributed by atoms with van der Waals surface area (Å²) >= 11 is 0. The molecule has 1 atom stereocenters. The van der Waals surface area contributed by atoms with Crippen molar-refractivity contribution in [1.29, 1.82) is 0 Å². The third-order valence-electron chi connectivity index (χ3n) is 3.57. The van der Waals surface area contributed by atoms with E-state index in [2.05, 4.69) is 10.4 Å². The largest absolute Gasteiger partial charge is 0.495 e. The molecule has 1 N–H and O–H groups in total. The molecule has 1 aromatic heterocycles. The highest BCUT2D eigenvalue weighted by Gasteiger charge is 2.35. The van der Waals surface area contributed by atoms with E-state index < -0.39 is 23.8 Å². The van der Waals surface area contributed by atoms with Crippen molar-refractivity contribution in [2.45, 2.75) is 33.0 Å². The second-order valence-electron chi connectivity index (χ2n) is 5.48. The van der Waals surface area contributed by atoms with Crippen LogP contribution in [0.15, 0.2) is 24.3 Å². The van der Waals surface area contributed by atoms with Gasteiger partial charge in [-0.1, -0.05) is 6.07 Å². The molecular formula is C16H18F3N3O2. The Labute approximate surface area is 137 Å². The number of hydrogen-bond donors (Lipinski definition) is 1. The number of alkyl halides is 3. The number of anilines is 1. The zero-order valence-electron chi connectivity index (χ0n) is 13.7. The highest BCUT2D eigenvalue weighted by molar-refractivity contribution is 5.94. The number of ether oxygens (including phenoxy) is 1. The van der Waals surface area contributed by atoms with Gasteiger partial charge in [-0.2, -0.15) is 18.3 Å². The Bertz CT molecular complexity index is 754. The molecule has 1 unspecified atom stereocenters. The highest BCUT2D eigenvalue weighted by atomic mass is 19.4. The maximum absolute atomic E-state index is 12.7.